The highest BCUT2D eigenvalue weighted by molar-refractivity contribution is 5.68. The first-order valence-corrected chi connectivity index (χ1v) is 13.2. The lowest BCUT2D eigenvalue weighted by Gasteiger charge is -2.43. The number of carboxylic acid groups (broad SMARTS) is 1. The summed E-state index contributed by atoms with van der Waals surface area (Å²) in [4.78, 5) is 11.4. The van der Waals surface area contributed by atoms with Crippen molar-refractivity contribution in [2.75, 3.05) is 6.61 Å². The Bertz CT molecular complexity index is 1270. The number of carbonyl (C=O) groups is 1. The molecule has 0 bridgehead atoms. The lowest BCUT2D eigenvalue weighted by atomic mass is 9.73. The monoisotopic (exact) mass is 516 g/mol. The summed E-state index contributed by atoms with van der Waals surface area (Å²) in [6.07, 6.45) is 1.11. The molecule has 1 fully saturated rings. The zero-order valence-electron chi connectivity index (χ0n) is 22.6. The summed E-state index contributed by atoms with van der Waals surface area (Å²) in [5, 5.41) is 9.31. The number of aliphatic carboxylic acids is 1. The predicted molar refractivity (Wildman–Crippen MR) is 148 cm³/mol. The molecule has 0 saturated carbocycles. The first-order valence-electron chi connectivity index (χ1n) is 13.2. The minimum Gasteiger partial charge on any atom is -0.482 e. The standard InChI is InChI=1S/C33H37FO4/c1-6-29-27(22-12-15-25(34)16-13-22)19-26(21(2)3)32(38-29)28-18-24(14-17-30(28)37-20-31(35)36)33(4,5)23-10-8-7-9-11-23/h7-18,26-27,29,32H,2,6,19-20H2,1,3-5H3,(H,35,36)/t26-,27-,29+,32+/m1/s1. The van der Waals surface area contributed by atoms with E-state index in [1.54, 1.807) is 0 Å². The average molecular weight is 517 g/mol. The molecule has 5 heteroatoms. The zero-order chi connectivity index (χ0) is 27.4. The minimum absolute atomic E-state index is 0.0323. The van der Waals surface area contributed by atoms with E-state index >= 15 is 0 Å². The third-order valence-corrected chi connectivity index (χ3v) is 7.86. The number of benzene rings is 3. The highest BCUT2D eigenvalue weighted by atomic mass is 19.1. The van der Waals surface area contributed by atoms with Crippen LogP contribution in [-0.2, 0) is 14.9 Å². The fourth-order valence-electron chi connectivity index (χ4n) is 5.57. The van der Waals surface area contributed by atoms with Crippen molar-refractivity contribution >= 4 is 5.97 Å². The Hall–Kier alpha value is -3.44. The van der Waals surface area contributed by atoms with Gasteiger partial charge in [0, 0.05) is 22.8 Å². The zero-order valence-corrected chi connectivity index (χ0v) is 22.6. The molecule has 200 valence electrons. The molecule has 1 aliphatic rings. The minimum atomic E-state index is -1.03. The maximum absolute atomic E-state index is 13.7. The van der Waals surface area contributed by atoms with Crippen LogP contribution in [0.2, 0.25) is 0 Å². The van der Waals surface area contributed by atoms with Crippen molar-refractivity contribution in [2.24, 2.45) is 5.92 Å². The second kappa shape index (κ2) is 11.5. The summed E-state index contributed by atoms with van der Waals surface area (Å²) in [6, 6.07) is 22.9. The molecule has 3 aromatic rings. The molecule has 1 N–H and O–H groups in total. The van der Waals surface area contributed by atoms with Gasteiger partial charge in [0.1, 0.15) is 11.6 Å². The molecule has 1 aliphatic heterocycles. The number of halogens is 1. The molecule has 4 atom stereocenters. The van der Waals surface area contributed by atoms with Crippen molar-refractivity contribution in [1.82, 2.24) is 0 Å². The Labute approximate surface area is 225 Å². The van der Waals surface area contributed by atoms with Crippen LogP contribution < -0.4 is 4.74 Å². The van der Waals surface area contributed by atoms with Gasteiger partial charge < -0.3 is 14.6 Å². The van der Waals surface area contributed by atoms with E-state index in [0.717, 1.165) is 35.1 Å². The van der Waals surface area contributed by atoms with Crippen LogP contribution in [0.3, 0.4) is 0 Å². The van der Waals surface area contributed by atoms with Gasteiger partial charge in [-0.2, -0.15) is 0 Å². The molecule has 4 nitrogen and oxygen atoms in total. The molecule has 0 amide bonds. The lowest BCUT2D eigenvalue weighted by Crippen LogP contribution is -2.36. The van der Waals surface area contributed by atoms with Crippen LogP contribution in [0.4, 0.5) is 4.39 Å². The van der Waals surface area contributed by atoms with Gasteiger partial charge in [-0.15, -0.1) is 0 Å². The highest BCUT2D eigenvalue weighted by Crippen LogP contribution is 2.49. The van der Waals surface area contributed by atoms with E-state index in [9.17, 15) is 14.3 Å². The molecule has 4 rings (SSSR count). The van der Waals surface area contributed by atoms with E-state index in [-0.39, 0.29) is 35.3 Å². The predicted octanol–water partition coefficient (Wildman–Crippen LogP) is 7.83. The second-order valence-electron chi connectivity index (χ2n) is 10.8. The van der Waals surface area contributed by atoms with Gasteiger partial charge in [0.15, 0.2) is 6.61 Å². The molecule has 0 spiro atoms. The highest BCUT2D eigenvalue weighted by Gasteiger charge is 2.40. The molecule has 0 aliphatic carbocycles. The van der Waals surface area contributed by atoms with Crippen LogP contribution in [0, 0.1) is 11.7 Å². The molecule has 0 aromatic heterocycles. The molecular formula is C33H37FO4. The van der Waals surface area contributed by atoms with Gasteiger partial charge >= 0.3 is 5.97 Å². The molecular weight excluding hydrogens is 479 g/mol. The van der Waals surface area contributed by atoms with E-state index in [1.165, 1.54) is 17.7 Å². The summed E-state index contributed by atoms with van der Waals surface area (Å²) in [7, 11) is 0. The van der Waals surface area contributed by atoms with Crippen molar-refractivity contribution in [3.63, 3.8) is 0 Å². The van der Waals surface area contributed by atoms with Crippen molar-refractivity contribution in [2.45, 2.75) is 64.1 Å². The molecule has 0 unspecified atom stereocenters. The number of carboxylic acids is 1. The van der Waals surface area contributed by atoms with E-state index in [2.05, 4.69) is 45.5 Å². The summed E-state index contributed by atoms with van der Waals surface area (Å²) in [6.45, 7) is 12.3. The Balaban J connectivity index is 1.78. The van der Waals surface area contributed by atoms with Crippen LogP contribution >= 0.6 is 0 Å². The van der Waals surface area contributed by atoms with Gasteiger partial charge in [0.2, 0.25) is 0 Å². The maximum Gasteiger partial charge on any atom is 0.341 e. The Kier molecular flexibility index (Phi) is 8.37. The third-order valence-electron chi connectivity index (χ3n) is 7.86. The van der Waals surface area contributed by atoms with E-state index in [4.69, 9.17) is 9.47 Å². The van der Waals surface area contributed by atoms with Crippen LogP contribution in [0.15, 0.2) is 84.9 Å². The van der Waals surface area contributed by atoms with E-state index in [1.807, 2.05) is 49.4 Å². The van der Waals surface area contributed by atoms with E-state index in [0.29, 0.717) is 5.75 Å². The topological polar surface area (TPSA) is 55.8 Å². The van der Waals surface area contributed by atoms with Gasteiger partial charge in [-0.25, -0.2) is 9.18 Å². The first kappa shape index (κ1) is 27.6. The third kappa shape index (κ3) is 5.83. The van der Waals surface area contributed by atoms with Crippen molar-refractivity contribution in [3.8, 4) is 5.75 Å². The Morgan fingerprint density at radius 3 is 2.37 bits per heavy atom. The smallest absolute Gasteiger partial charge is 0.341 e. The molecule has 38 heavy (non-hydrogen) atoms. The van der Waals surface area contributed by atoms with Crippen LogP contribution in [0.5, 0.6) is 5.75 Å². The number of hydrogen-bond donors (Lipinski definition) is 1. The molecule has 3 aromatic carbocycles. The fourth-order valence-corrected chi connectivity index (χ4v) is 5.57. The number of rotatable bonds is 9. The molecule has 1 saturated heterocycles. The Morgan fingerprint density at radius 1 is 1.08 bits per heavy atom. The quantitative estimate of drug-likeness (QED) is 0.295. The van der Waals surface area contributed by atoms with Gasteiger partial charge in [0.25, 0.3) is 0 Å². The largest absolute Gasteiger partial charge is 0.482 e. The summed E-state index contributed by atoms with van der Waals surface area (Å²) < 4.78 is 26.3. The van der Waals surface area contributed by atoms with Gasteiger partial charge in [-0.1, -0.05) is 81.5 Å². The number of hydrogen-bond acceptors (Lipinski definition) is 3. The summed E-state index contributed by atoms with van der Waals surface area (Å²) in [5.41, 5.74) is 4.82. The van der Waals surface area contributed by atoms with Crippen LogP contribution in [0.25, 0.3) is 0 Å². The summed E-state index contributed by atoms with van der Waals surface area (Å²) >= 11 is 0. The maximum atomic E-state index is 13.7. The van der Waals surface area contributed by atoms with Crippen molar-refractivity contribution in [1.29, 1.82) is 0 Å². The van der Waals surface area contributed by atoms with Crippen LogP contribution in [-0.4, -0.2) is 23.8 Å². The fraction of sp³-hybridized carbons (Fsp3) is 0.364. The van der Waals surface area contributed by atoms with Crippen molar-refractivity contribution in [3.05, 3.63) is 113 Å². The van der Waals surface area contributed by atoms with Gasteiger partial charge in [-0.3, -0.25) is 0 Å². The van der Waals surface area contributed by atoms with Crippen LogP contribution in [0.1, 0.15) is 74.8 Å². The lowest BCUT2D eigenvalue weighted by molar-refractivity contribution is -0.139. The number of ether oxygens (including phenoxy) is 2. The van der Waals surface area contributed by atoms with Gasteiger partial charge in [0.05, 0.1) is 12.2 Å². The Morgan fingerprint density at radius 2 is 1.76 bits per heavy atom. The first-order chi connectivity index (χ1) is 18.1. The SMILES string of the molecule is C=C(C)[C@H]1C[C@H](c2ccc(F)cc2)[C@H](CC)O[C@@H]1c1cc(C(C)(C)c2ccccc2)ccc1OCC(=O)O. The van der Waals surface area contributed by atoms with Gasteiger partial charge in [-0.05, 0) is 60.7 Å². The molecule has 0 radical (unpaired) electrons. The normalized spacial score (nSPS) is 21.6. The average Bonchev–Trinajstić information content (AvgIpc) is 2.92. The summed E-state index contributed by atoms with van der Waals surface area (Å²) in [5.74, 6) is -0.730. The molecule has 1 heterocycles. The van der Waals surface area contributed by atoms with Crippen molar-refractivity contribution < 1.29 is 23.8 Å². The second-order valence-corrected chi connectivity index (χ2v) is 10.8. The van der Waals surface area contributed by atoms with E-state index < -0.39 is 12.6 Å².